The quantitative estimate of drug-likeness (QED) is 0.863. The van der Waals surface area contributed by atoms with Gasteiger partial charge >= 0.3 is 12.0 Å². The van der Waals surface area contributed by atoms with Gasteiger partial charge in [-0.25, -0.2) is 4.79 Å². The number of halogens is 1. The molecule has 1 aromatic rings. The van der Waals surface area contributed by atoms with Crippen LogP contribution in [0, 0.1) is 5.92 Å². The lowest BCUT2D eigenvalue weighted by Crippen LogP contribution is -2.46. The van der Waals surface area contributed by atoms with Gasteiger partial charge in [0.05, 0.1) is 12.5 Å². The van der Waals surface area contributed by atoms with Crippen molar-refractivity contribution in [2.45, 2.75) is 26.3 Å². The third-order valence-corrected chi connectivity index (χ3v) is 4.05. The topological polar surface area (TPSA) is 78.9 Å². The van der Waals surface area contributed by atoms with Crippen molar-refractivity contribution in [2.75, 3.05) is 19.7 Å². The molecule has 1 atom stereocenters. The Balaban J connectivity index is 1.95. The van der Waals surface area contributed by atoms with Gasteiger partial charge in [-0.05, 0) is 31.9 Å². The highest BCUT2D eigenvalue weighted by atomic mass is 35.5. The summed E-state index contributed by atoms with van der Waals surface area (Å²) in [5, 5.41) is 12.5. The first-order valence-corrected chi connectivity index (χ1v) is 8.06. The normalized spacial score (nSPS) is 17.7. The molecule has 0 bridgehead atoms. The van der Waals surface area contributed by atoms with Crippen molar-refractivity contribution in [3.63, 3.8) is 0 Å². The number of benzene rings is 1. The van der Waals surface area contributed by atoms with E-state index < -0.39 is 11.9 Å². The first-order chi connectivity index (χ1) is 11.0. The number of nitrogens with zero attached hydrogens (tertiary/aromatic N) is 1. The monoisotopic (exact) mass is 340 g/mol. The second-order valence-electron chi connectivity index (χ2n) is 5.47. The first kappa shape index (κ1) is 17.4. The van der Waals surface area contributed by atoms with Crippen molar-refractivity contribution in [3.8, 4) is 5.75 Å². The van der Waals surface area contributed by atoms with E-state index in [1.54, 1.807) is 17.0 Å². The number of hydrogen-bond acceptors (Lipinski definition) is 3. The van der Waals surface area contributed by atoms with Crippen LogP contribution in [0.25, 0.3) is 0 Å². The van der Waals surface area contributed by atoms with E-state index in [-0.39, 0.29) is 12.6 Å². The number of carbonyl (C=O) groups is 2. The maximum Gasteiger partial charge on any atom is 0.317 e. The minimum Gasteiger partial charge on any atom is -0.493 e. The number of amides is 2. The second kappa shape index (κ2) is 8.06. The smallest absolute Gasteiger partial charge is 0.317 e. The van der Waals surface area contributed by atoms with Crippen molar-refractivity contribution < 1.29 is 19.4 Å². The molecular weight excluding hydrogens is 320 g/mol. The van der Waals surface area contributed by atoms with Crippen molar-refractivity contribution in [2.24, 2.45) is 5.92 Å². The molecule has 0 spiro atoms. The Labute approximate surface area is 140 Å². The van der Waals surface area contributed by atoms with Crippen LogP contribution in [0.5, 0.6) is 5.75 Å². The fraction of sp³-hybridized carbons (Fsp3) is 0.500. The molecule has 0 aliphatic carbocycles. The molecule has 1 unspecified atom stereocenters. The lowest BCUT2D eigenvalue weighted by Gasteiger charge is -2.30. The number of ether oxygens (including phenoxy) is 1. The summed E-state index contributed by atoms with van der Waals surface area (Å²) in [4.78, 5) is 24.8. The molecule has 1 aromatic carbocycles. The van der Waals surface area contributed by atoms with Crippen LogP contribution in [0.1, 0.15) is 25.3 Å². The summed E-state index contributed by atoms with van der Waals surface area (Å²) in [7, 11) is 0. The van der Waals surface area contributed by atoms with Crippen molar-refractivity contribution >= 4 is 23.6 Å². The fourth-order valence-corrected chi connectivity index (χ4v) is 2.77. The number of carbonyl (C=O) groups excluding carboxylic acids is 1. The molecule has 1 heterocycles. The van der Waals surface area contributed by atoms with Gasteiger partial charge in [-0.3, -0.25) is 4.79 Å². The molecule has 1 saturated heterocycles. The Morgan fingerprint density at radius 1 is 1.48 bits per heavy atom. The highest BCUT2D eigenvalue weighted by Gasteiger charge is 2.28. The molecule has 2 N–H and O–H groups in total. The van der Waals surface area contributed by atoms with Crippen LogP contribution in [0.2, 0.25) is 5.02 Å². The van der Waals surface area contributed by atoms with Crippen LogP contribution in [-0.2, 0) is 11.3 Å². The molecule has 23 heavy (non-hydrogen) atoms. The molecule has 1 aliphatic rings. The number of aliphatic carboxylic acids is 1. The van der Waals surface area contributed by atoms with Gasteiger partial charge in [0.15, 0.2) is 0 Å². The van der Waals surface area contributed by atoms with Crippen molar-refractivity contribution in [3.05, 3.63) is 28.8 Å². The fourth-order valence-electron chi connectivity index (χ4n) is 2.61. The Hall–Kier alpha value is -1.95. The van der Waals surface area contributed by atoms with Gasteiger partial charge in [-0.15, -0.1) is 0 Å². The number of rotatable bonds is 5. The largest absolute Gasteiger partial charge is 0.493 e. The number of urea groups is 1. The van der Waals surface area contributed by atoms with Gasteiger partial charge in [0, 0.05) is 30.2 Å². The number of likely N-dealkylation sites (tertiary alicyclic amines) is 1. The van der Waals surface area contributed by atoms with Crippen LogP contribution in [0.4, 0.5) is 4.79 Å². The second-order valence-corrected chi connectivity index (χ2v) is 5.90. The Kier molecular flexibility index (Phi) is 6.10. The molecule has 7 heteroatoms. The van der Waals surface area contributed by atoms with E-state index in [0.29, 0.717) is 43.3 Å². The van der Waals surface area contributed by atoms with Crippen LogP contribution in [0.15, 0.2) is 18.2 Å². The Morgan fingerprint density at radius 3 is 2.96 bits per heavy atom. The Morgan fingerprint density at radius 2 is 2.26 bits per heavy atom. The SMILES string of the molecule is CCOc1cc(Cl)ccc1CNC(=O)N1CCCC(C(=O)O)C1. The summed E-state index contributed by atoms with van der Waals surface area (Å²) in [6.07, 6.45) is 1.32. The first-order valence-electron chi connectivity index (χ1n) is 7.68. The number of carboxylic acid groups (broad SMARTS) is 1. The summed E-state index contributed by atoms with van der Waals surface area (Å²) in [6.45, 7) is 3.52. The predicted molar refractivity (Wildman–Crippen MR) is 86.8 cm³/mol. The maximum absolute atomic E-state index is 12.2. The zero-order valence-electron chi connectivity index (χ0n) is 13.0. The highest BCUT2D eigenvalue weighted by Crippen LogP contribution is 2.23. The molecule has 1 aliphatic heterocycles. The van der Waals surface area contributed by atoms with Crippen molar-refractivity contribution in [1.82, 2.24) is 10.2 Å². The van der Waals surface area contributed by atoms with E-state index in [4.69, 9.17) is 21.4 Å². The average molecular weight is 341 g/mol. The van der Waals surface area contributed by atoms with E-state index in [0.717, 1.165) is 5.56 Å². The highest BCUT2D eigenvalue weighted by molar-refractivity contribution is 6.30. The van der Waals surface area contributed by atoms with Gasteiger partial charge in [0.2, 0.25) is 0 Å². The molecular formula is C16H21ClN2O4. The summed E-state index contributed by atoms with van der Waals surface area (Å²) < 4.78 is 5.52. The number of piperidine rings is 1. The van der Waals surface area contributed by atoms with Crippen LogP contribution in [-0.4, -0.2) is 41.7 Å². The van der Waals surface area contributed by atoms with E-state index >= 15 is 0 Å². The number of hydrogen-bond donors (Lipinski definition) is 2. The summed E-state index contributed by atoms with van der Waals surface area (Å²) in [5.41, 5.74) is 0.830. The maximum atomic E-state index is 12.2. The predicted octanol–water partition coefficient (Wildman–Crippen LogP) is 2.74. The zero-order valence-corrected chi connectivity index (χ0v) is 13.8. The van der Waals surface area contributed by atoms with Gasteiger partial charge in [-0.1, -0.05) is 17.7 Å². The molecule has 0 radical (unpaired) electrons. The molecule has 6 nitrogen and oxygen atoms in total. The van der Waals surface area contributed by atoms with Crippen LogP contribution in [0.3, 0.4) is 0 Å². The van der Waals surface area contributed by atoms with Crippen molar-refractivity contribution in [1.29, 1.82) is 0 Å². The minimum atomic E-state index is -0.848. The summed E-state index contributed by atoms with van der Waals surface area (Å²) in [5.74, 6) is -0.690. The molecule has 2 rings (SSSR count). The average Bonchev–Trinajstić information content (AvgIpc) is 2.54. The lowest BCUT2D eigenvalue weighted by atomic mass is 9.99. The van der Waals surface area contributed by atoms with Gasteiger partial charge in [0.25, 0.3) is 0 Å². The molecule has 1 fully saturated rings. The van der Waals surface area contributed by atoms with E-state index in [1.165, 1.54) is 0 Å². The standard InChI is InChI=1S/C16H21ClN2O4/c1-2-23-14-8-13(17)6-5-11(14)9-18-16(22)19-7-3-4-12(10-19)15(20)21/h5-6,8,12H,2-4,7,9-10H2,1H3,(H,18,22)(H,20,21). The van der Waals surface area contributed by atoms with Gasteiger partial charge < -0.3 is 20.1 Å². The Bertz CT molecular complexity index is 579. The molecule has 0 aromatic heterocycles. The molecule has 0 saturated carbocycles. The van der Waals surface area contributed by atoms with E-state index in [1.807, 2.05) is 13.0 Å². The van der Waals surface area contributed by atoms with Gasteiger partial charge in [-0.2, -0.15) is 0 Å². The summed E-state index contributed by atoms with van der Waals surface area (Å²) in [6, 6.07) is 5.01. The third kappa shape index (κ3) is 4.76. The number of nitrogens with one attached hydrogen (secondary N) is 1. The molecule has 126 valence electrons. The van der Waals surface area contributed by atoms with Crippen LogP contribution < -0.4 is 10.1 Å². The minimum absolute atomic E-state index is 0.250. The number of carboxylic acids is 1. The van der Waals surface area contributed by atoms with E-state index in [2.05, 4.69) is 5.32 Å². The lowest BCUT2D eigenvalue weighted by molar-refractivity contribution is -0.143. The van der Waals surface area contributed by atoms with E-state index in [9.17, 15) is 9.59 Å². The third-order valence-electron chi connectivity index (χ3n) is 3.82. The van der Waals surface area contributed by atoms with Gasteiger partial charge in [0.1, 0.15) is 5.75 Å². The van der Waals surface area contributed by atoms with Crippen LogP contribution >= 0.6 is 11.6 Å². The zero-order chi connectivity index (χ0) is 16.8. The molecule has 2 amide bonds. The summed E-state index contributed by atoms with van der Waals surface area (Å²) >= 11 is 5.95.